The topological polar surface area (TPSA) is 55.1 Å². The van der Waals surface area contributed by atoms with E-state index in [4.69, 9.17) is 40.5 Å². The van der Waals surface area contributed by atoms with Crippen LogP contribution in [0.5, 0.6) is 0 Å². The standard InChI is InChI=1S/C13H8Cl3IN2O/c14-7-1-2-11(9(17)5-7)19-13(20)6-3-8(15)12(16)10(18)4-6/h1-5H,18H2,(H,19,20). The van der Waals surface area contributed by atoms with Crippen LogP contribution in [-0.4, -0.2) is 5.91 Å². The summed E-state index contributed by atoms with van der Waals surface area (Å²) < 4.78 is 0.830. The number of rotatable bonds is 2. The van der Waals surface area contributed by atoms with E-state index in [1.807, 2.05) is 0 Å². The van der Waals surface area contributed by atoms with Crippen LogP contribution in [0, 0.1) is 3.57 Å². The van der Waals surface area contributed by atoms with Crippen molar-refractivity contribution in [3.05, 3.63) is 54.5 Å². The summed E-state index contributed by atoms with van der Waals surface area (Å²) >= 11 is 19.7. The van der Waals surface area contributed by atoms with Crippen molar-refractivity contribution in [1.82, 2.24) is 0 Å². The minimum atomic E-state index is -0.324. The quantitative estimate of drug-likeness (QED) is 0.504. The van der Waals surface area contributed by atoms with Gasteiger partial charge in [0.2, 0.25) is 0 Å². The van der Waals surface area contributed by atoms with Crippen LogP contribution in [0.15, 0.2) is 30.3 Å². The number of nitrogen functional groups attached to an aromatic ring is 1. The first-order valence-electron chi connectivity index (χ1n) is 5.39. The molecule has 0 bridgehead atoms. The minimum absolute atomic E-state index is 0.239. The van der Waals surface area contributed by atoms with Gasteiger partial charge >= 0.3 is 0 Å². The number of nitrogens with one attached hydrogen (secondary N) is 1. The zero-order valence-electron chi connectivity index (χ0n) is 9.88. The Kier molecular flexibility index (Phi) is 5.01. The highest BCUT2D eigenvalue weighted by atomic mass is 127. The van der Waals surface area contributed by atoms with Gasteiger partial charge in [-0.3, -0.25) is 4.79 Å². The second kappa shape index (κ2) is 6.39. The van der Waals surface area contributed by atoms with Crippen LogP contribution in [0.3, 0.4) is 0 Å². The van der Waals surface area contributed by atoms with E-state index in [1.54, 1.807) is 18.2 Å². The van der Waals surface area contributed by atoms with Gasteiger partial charge in [0.1, 0.15) is 0 Å². The minimum Gasteiger partial charge on any atom is -0.397 e. The number of anilines is 2. The Labute approximate surface area is 144 Å². The van der Waals surface area contributed by atoms with Gasteiger partial charge in [0, 0.05) is 14.2 Å². The summed E-state index contributed by atoms with van der Waals surface area (Å²) in [5.74, 6) is -0.324. The molecule has 0 spiro atoms. The average Bonchev–Trinajstić information content (AvgIpc) is 2.38. The van der Waals surface area contributed by atoms with Gasteiger partial charge in [-0.25, -0.2) is 0 Å². The molecule has 0 aromatic heterocycles. The van der Waals surface area contributed by atoms with Crippen molar-refractivity contribution in [3.8, 4) is 0 Å². The molecule has 3 nitrogen and oxygen atoms in total. The van der Waals surface area contributed by atoms with Gasteiger partial charge in [-0.1, -0.05) is 34.8 Å². The molecular weight excluding hydrogens is 433 g/mol. The van der Waals surface area contributed by atoms with Crippen LogP contribution in [0.25, 0.3) is 0 Å². The molecule has 104 valence electrons. The number of hydrogen-bond acceptors (Lipinski definition) is 2. The molecular formula is C13H8Cl3IN2O. The normalized spacial score (nSPS) is 10.4. The van der Waals surface area contributed by atoms with Gasteiger partial charge in [0.15, 0.2) is 0 Å². The molecule has 0 saturated heterocycles. The zero-order chi connectivity index (χ0) is 14.9. The lowest BCUT2D eigenvalue weighted by molar-refractivity contribution is 0.102. The first-order valence-corrected chi connectivity index (χ1v) is 7.60. The molecule has 0 aliphatic rings. The summed E-state index contributed by atoms with van der Waals surface area (Å²) in [6, 6.07) is 8.12. The first-order chi connectivity index (χ1) is 9.38. The molecule has 0 atom stereocenters. The third kappa shape index (κ3) is 3.49. The van der Waals surface area contributed by atoms with E-state index >= 15 is 0 Å². The van der Waals surface area contributed by atoms with Crippen LogP contribution in [0.1, 0.15) is 10.4 Å². The summed E-state index contributed by atoms with van der Waals surface area (Å²) in [4.78, 5) is 12.2. The van der Waals surface area contributed by atoms with Gasteiger partial charge < -0.3 is 11.1 Å². The fraction of sp³-hybridized carbons (Fsp3) is 0. The van der Waals surface area contributed by atoms with E-state index in [1.165, 1.54) is 12.1 Å². The lowest BCUT2D eigenvalue weighted by Crippen LogP contribution is -2.13. The number of nitrogens with two attached hydrogens (primary N) is 1. The average molecular weight is 441 g/mol. The molecule has 2 aromatic rings. The molecule has 0 unspecified atom stereocenters. The maximum atomic E-state index is 12.2. The van der Waals surface area contributed by atoms with Crippen LogP contribution >= 0.6 is 57.4 Å². The second-order valence-corrected chi connectivity index (χ2v) is 6.32. The Morgan fingerprint density at radius 1 is 1.15 bits per heavy atom. The van der Waals surface area contributed by atoms with Crippen LogP contribution in [-0.2, 0) is 0 Å². The van der Waals surface area contributed by atoms with Gasteiger partial charge in [-0.2, -0.15) is 0 Å². The van der Waals surface area contributed by atoms with Crippen molar-refractivity contribution in [2.24, 2.45) is 0 Å². The van der Waals surface area contributed by atoms with Gasteiger partial charge in [-0.15, -0.1) is 0 Å². The largest absolute Gasteiger partial charge is 0.397 e. The molecule has 2 rings (SSSR count). The fourth-order valence-electron chi connectivity index (χ4n) is 1.53. The fourth-order valence-corrected chi connectivity index (χ4v) is 2.87. The lowest BCUT2D eigenvalue weighted by Gasteiger charge is -2.09. The van der Waals surface area contributed by atoms with Gasteiger partial charge in [0.05, 0.1) is 21.4 Å². The Hall–Kier alpha value is -0.690. The Morgan fingerprint density at radius 2 is 1.85 bits per heavy atom. The van der Waals surface area contributed by atoms with E-state index in [0.717, 1.165) is 3.57 Å². The Balaban J connectivity index is 2.28. The third-order valence-electron chi connectivity index (χ3n) is 2.50. The SMILES string of the molecule is Nc1cc(C(=O)Nc2ccc(Cl)cc2I)cc(Cl)c1Cl. The van der Waals surface area contributed by atoms with Crippen molar-refractivity contribution < 1.29 is 4.79 Å². The predicted octanol–water partition coefficient (Wildman–Crippen LogP) is 5.09. The summed E-state index contributed by atoms with van der Waals surface area (Å²) in [6.07, 6.45) is 0. The molecule has 0 aliphatic carbocycles. The zero-order valence-corrected chi connectivity index (χ0v) is 14.3. The highest BCUT2D eigenvalue weighted by Gasteiger charge is 2.12. The van der Waals surface area contributed by atoms with Crippen LogP contribution in [0.2, 0.25) is 15.1 Å². The van der Waals surface area contributed by atoms with Gasteiger partial charge in [0.25, 0.3) is 5.91 Å². The number of hydrogen-bond donors (Lipinski definition) is 2. The van der Waals surface area contributed by atoms with Crippen LogP contribution < -0.4 is 11.1 Å². The first kappa shape index (κ1) is 15.7. The second-order valence-electron chi connectivity index (χ2n) is 3.94. The van der Waals surface area contributed by atoms with E-state index in [-0.39, 0.29) is 21.6 Å². The molecule has 0 fully saturated rings. The lowest BCUT2D eigenvalue weighted by atomic mass is 10.2. The molecule has 3 N–H and O–H groups in total. The number of carbonyl (C=O) groups excluding carboxylic acids is 1. The van der Waals surface area contributed by atoms with Crippen LogP contribution in [0.4, 0.5) is 11.4 Å². The number of halogens is 4. The molecule has 7 heteroatoms. The summed E-state index contributed by atoms with van der Waals surface area (Å²) in [6.45, 7) is 0. The van der Waals surface area contributed by atoms with Crippen molar-refractivity contribution in [1.29, 1.82) is 0 Å². The summed E-state index contributed by atoms with van der Waals surface area (Å²) in [5.41, 5.74) is 6.94. The predicted molar refractivity (Wildman–Crippen MR) is 93.0 cm³/mol. The molecule has 20 heavy (non-hydrogen) atoms. The maximum absolute atomic E-state index is 12.2. The molecule has 0 heterocycles. The third-order valence-corrected chi connectivity index (χ3v) is 4.44. The maximum Gasteiger partial charge on any atom is 0.255 e. The molecule has 0 radical (unpaired) electrons. The smallest absolute Gasteiger partial charge is 0.255 e. The number of benzene rings is 2. The van der Waals surface area contributed by atoms with Crippen molar-refractivity contribution in [2.75, 3.05) is 11.1 Å². The highest BCUT2D eigenvalue weighted by Crippen LogP contribution is 2.30. The van der Waals surface area contributed by atoms with E-state index < -0.39 is 0 Å². The van der Waals surface area contributed by atoms with Crippen molar-refractivity contribution in [3.63, 3.8) is 0 Å². The summed E-state index contributed by atoms with van der Waals surface area (Å²) in [7, 11) is 0. The molecule has 2 aromatic carbocycles. The van der Waals surface area contributed by atoms with Crippen molar-refractivity contribution in [2.45, 2.75) is 0 Å². The summed E-state index contributed by atoms with van der Waals surface area (Å²) in [5, 5.41) is 3.85. The Morgan fingerprint density at radius 3 is 2.45 bits per heavy atom. The highest BCUT2D eigenvalue weighted by molar-refractivity contribution is 14.1. The van der Waals surface area contributed by atoms with E-state index in [0.29, 0.717) is 16.3 Å². The Bertz CT molecular complexity index is 668. The van der Waals surface area contributed by atoms with Gasteiger partial charge in [-0.05, 0) is 52.9 Å². The molecule has 1 amide bonds. The molecule has 0 aliphatic heterocycles. The van der Waals surface area contributed by atoms with E-state index in [9.17, 15) is 4.79 Å². The van der Waals surface area contributed by atoms with Crippen molar-refractivity contribution >= 4 is 74.7 Å². The monoisotopic (exact) mass is 440 g/mol. The molecule has 0 saturated carbocycles. The number of carbonyl (C=O) groups is 1. The van der Waals surface area contributed by atoms with E-state index in [2.05, 4.69) is 27.9 Å². The number of amides is 1.